The molecule has 0 spiro atoms. The smallest absolute Gasteiger partial charge is 0.124 e. The van der Waals surface area contributed by atoms with Crippen LogP contribution >= 0.6 is 27.3 Å². The molecule has 0 saturated heterocycles. The molecule has 1 aliphatic rings. The fourth-order valence-electron chi connectivity index (χ4n) is 2.61. The van der Waals surface area contributed by atoms with Gasteiger partial charge in [-0.25, -0.2) is 4.98 Å². The molecule has 1 aromatic heterocycles. The Hall–Kier alpha value is -0.710. The second kappa shape index (κ2) is 5.73. The molecule has 2 aromatic rings. The monoisotopic (exact) mass is 336 g/mol. The van der Waals surface area contributed by atoms with Crippen molar-refractivity contribution in [2.45, 2.75) is 32.1 Å². The van der Waals surface area contributed by atoms with Gasteiger partial charge in [-0.05, 0) is 65.4 Å². The van der Waals surface area contributed by atoms with Gasteiger partial charge in [0.15, 0.2) is 0 Å². The van der Waals surface area contributed by atoms with Gasteiger partial charge in [0.2, 0.25) is 0 Å². The van der Waals surface area contributed by atoms with E-state index in [9.17, 15) is 0 Å². The molecule has 2 nitrogen and oxygen atoms in total. The summed E-state index contributed by atoms with van der Waals surface area (Å²) in [5, 5.41) is 1.10. The van der Waals surface area contributed by atoms with Crippen molar-refractivity contribution in [3.05, 3.63) is 38.8 Å². The van der Waals surface area contributed by atoms with Gasteiger partial charge in [-0.1, -0.05) is 12.1 Å². The van der Waals surface area contributed by atoms with Crippen LogP contribution < -0.4 is 5.73 Å². The van der Waals surface area contributed by atoms with Crippen LogP contribution in [0.3, 0.4) is 0 Å². The standard InChI is InChI=1S/C15H17BrN2S/c16-14-13(7-8-17)18-15(19-14)12-6-5-10-3-1-2-4-11(10)9-12/h5-6,9H,1-4,7-8,17H2. The molecule has 0 aliphatic heterocycles. The highest BCUT2D eigenvalue weighted by molar-refractivity contribution is 9.11. The van der Waals surface area contributed by atoms with Gasteiger partial charge in [-0.2, -0.15) is 0 Å². The number of aryl methyl sites for hydroxylation is 2. The SMILES string of the molecule is NCCc1nc(-c2ccc3c(c2)CCCC3)sc1Br. The fourth-order valence-corrected chi connectivity index (χ4v) is 4.20. The Morgan fingerprint density at radius 2 is 2.00 bits per heavy atom. The normalized spacial score (nSPS) is 14.4. The van der Waals surface area contributed by atoms with Crippen molar-refractivity contribution in [1.29, 1.82) is 0 Å². The lowest BCUT2D eigenvalue weighted by Crippen LogP contribution is -2.03. The first-order chi connectivity index (χ1) is 9.28. The number of aromatic nitrogens is 1. The van der Waals surface area contributed by atoms with Crippen LogP contribution in [0, 0.1) is 0 Å². The first-order valence-corrected chi connectivity index (χ1v) is 8.36. The number of nitrogens with two attached hydrogens (primary N) is 1. The number of fused-ring (bicyclic) bond motifs is 1. The Morgan fingerprint density at radius 1 is 1.21 bits per heavy atom. The van der Waals surface area contributed by atoms with Crippen LogP contribution in [0.25, 0.3) is 10.6 Å². The van der Waals surface area contributed by atoms with Crippen molar-refractivity contribution in [2.75, 3.05) is 6.54 Å². The van der Waals surface area contributed by atoms with Crippen LogP contribution in [0.4, 0.5) is 0 Å². The molecule has 0 amide bonds. The summed E-state index contributed by atoms with van der Waals surface area (Å²) in [6.45, 7) is 0.645. The maximum atomic E-state index is 5.61. The van der Waals surface area contributed by atoms with Crippen molar-refractivity contribution in [2.24, 2.45) is 5.73 Å². The van der Waals surface area contributed by atoms with Crippen molar-refractivity contribution >= 4 is 27.3 Å². The maximum absolute atomic E-state index is 5.61. The Morgan fingerprint density at radius 3 is 2.79 bits per heavy atom. The van der Waals surface area contributed by atoms with Crippen LogP contribution in [0.15, 0.2) is 22.0 Å². The second-order valence-corrected chi connectivity index (χ2v) is 7.29. The number of halogens is 1. The summed E-state index contributed by atoms with van der Waals surface area (Å²) < 4.78 is 1.12. The van der Waals surface area contributed by atoms with Gasteiger partial charge >= 0.3 is 0 Å². The van der Waals surface area contributed by atoms with Gasteiger partial charge in [0.25, 0.3) is 0 Å². The van der Waals surface area contributed by atoms with Gasteiger partial charge < -0.3 is 5.73 Å². The molecular weight excluding hydrogens is 320 g/mol. The van der Waals surface area contributed by atoms with E-state index in [1.54, 1.807) is 11.3 Å². The molecule has 100 valence electrons. The minimum Gasteiger partial charge on any atom is -0.330 e. The van der Waals surface area contributed by atoms with Gasteiger partial charge in [0.05, 0.1) is 9.48 Å². The molecular formula is C15H17BrN2S. The minimum atomic E-state index is 0.645. The number of benzene rings is 1. The lowest BCUT2D eigenvalue weighted by atomic mass is 9.90. The predicted molar refractivity (Wildman–Crippen MR) is 84.7 cm³/mol. The van der Waals surface area contributed by atoms with Crippen LogP contribution in [0.1, 0.15) is 29.7 Å². The van der Waals surface area contributed by atoms with E-state index in [-0.39, 0.29) is 0 Å². The van der Waals surface area contributed by atoms with Crippen molar-refractivity contribution in [3.63, 3.8) is 0 Å². The van der Waals surface area contributed by atoms with E-state index in [0.717, 1.165) is 20.9 Å². The van der Waals surface area contributed by atoms with E-state index in [1.165, 1.54) is 42.4 Å². The number of thiazole rings is 1. The zero-order chi connectivity index (χ0) is 13.2. The highest BCUT2D eigenvalue weighted by Gasteiger charge is 2.13. The summed E-state index contributed by atoms with van der Waals surface area (Å²) in [6.07, 6.45) is 5.93. The highest BCUT2D eigenvalue weighted by Crippen LogP contribution is 2.34. The molecule has 0 saturated carbocycles. The highest BCUT2D eigenvalue weighted by atomic mass is 79.9. The van der Waals surface area contributed by atoms with Gasteiger partial charge in [-0.3, -0.25) is 0 Å². The Balaban J connectivity index is 1.95. The number of nitrogens with zero attached hydrogens (tertiary/aromatic N) is 1. The number of rotatable bonds is 3. The minimum absolute atomic E-state index is 0.645. The second-order valence-electron chi connectivity index (χ2n) is 4.97. The molecule has 19 heavy (non-hydrogen) atoms. The Labute approximate surface area is 126 Å². The van der Waals surface area contributed by atoms with E-state index in [1.807, 2.05) is 0 Å². The quantitative estimate of drug-likeness (QED) is 0.921. The predicted octanol–water partition coefficient (Wildman–Crippen LogP) is 3.95. The Bertz CT molecular complexity index is 592. The molecule has 0 radical (unpaired) electrons. The average Bonchev–Trinajstić information content (AvgIpc) is 2.80. The summed E-state index contributed by atoms with van der Waals surface area (Å²) in [6, 6.07) is 6.81. The molecule has 1 aromatic carbocycles. The molecule has 2 N–H and O–H groups in total. The Kier molecular flexibility index (Phi) is 4.01. The molecule has 1 aliphatic carbocycles. The van der Waals surface area contributed by atoms with E-state index in [0.29, 0.717) is 6.54 Å². The first kappa shape index (κ1) is 13.3. The van der Waals surface area contributed by atoms with Crippen LogP contribution in [0.2, 0.25) is 0 Å². The van der Waals surface area contributed by atoms with Crippen molar-refractivity contribution in [3.8, 4) is 10.6 Å². The van der Waals surface area contributed by atoms with Crippen LogP contribution in [0.5, 0.6) is 0 Å². The lowest BCUT2D eigenvalue weighted by molar-refractivity contribution is 0.686. The fraction of sp³-hybridized carbons (Fsp3) is 0.400. The van der Waals surface area contributed by atoms with E-state index in [4.69, 9.17) is 10.7 Å². The third kappa shape index (κ3) is 2.76. The zero-order valence-electron chi connectivity index (χ0n) is 10.8. The third-order valence-corrected chi connectivity index (χ3v) is 5.50. The summed E-state index contributed by atoms with van der Waals surface area (Å²) in [5.74, 6) is 0. The molecule has 3 rings (SSSR count). The third-order valence-electron chi connectivity index (χ3n) is 3.63. The summed E-state index contributed by atoms with van der Waals surface area (Å²) in [5.41, 5.74) is 11.0. The molecule has 0 fully saturated rings. The first-order valence-electron chi connectivity index (χ1n) is 6.75. The lowest BCUT2D eigenvalue weighted by Gasteiger charge is -2.15. The van der Waals surface area contributed by atoms with Crippen molar-refractivity contribution < 1.29 is 0 Å². The van der Waals surface area contributed by atoms with Gasteiger partial charge in [-0.15, -0.1) is 11.3 Å². The summed E-state index contributed by atoms with van der Waals surface area (Å²) >= 11 is 5.30. The summed E-state index contributed by atoms with van der Waals surface area (Å²) in [7, 11) is 0. The van der Waals surface area contributed by atoms with Crippen LogP contribution in [-0.2, 0) is 19.3 Å². The molecule has 4 heteroatoms. The molecule has 1 heterocycles. The van der Waals surface area contributed by atoms with Gasteiger partial charge in [0, 0.05) is 12.0 Å². The van der Waals surface area contributed by atoms with E-state index < -0.39 is 0 Å². The van der Waals surface area contributed by atoms with Gasteiger partial charge in [0.1, 0.15) is 5.01 Å². The topological polar surface area (TPSA) is 38.9 Å². The van der Waals surface area contributed by atoms with Crippen LogP contribution in [-0.4, -0.2) is 11.5 Å². The summed E-state index contributed by atoms with van der Waals surface area (Å²) in [4.78, 5) is 4.71. The molecule has 0 atom stereocenters. The van der Waals surface area contributed by atoms with Crippen molar-refractivity contribution in [1.82, 2.24) is 4.98 Å². The average molecular weight is 337 g/mol. The molecule has 0 unspecified atom stereocenters. The maximum Gasteiger partial charge on any atom is 0.124 e. The number of hydrogen-bond donors (Lipinski definition) is 1. The number of hydrogen-bond acceptors (Lipinski definition) is 3. The van der Waals surface area contributed by atoms with E-state index in [2.05, 4.69) is 34.1 Å². The zero-order valence-corrected chi connectivity index (χ0v) is 13.2. The largest absolute Gasteiger partial charge is 0.330 e. The molecule has 0 bridgehead atoms. The van der Waals surface area contributed by atoms with E-state index >= 15 is 0 Å².